The van der Waals surface area contributed by atoms with Gasteiger partial charge in [-0.25, -0.2) is 18.1 Å². The van der Waals surface area contributed by atoms with E-state index in [4.69, 9.17) is 0 Å². The summed E-state index contributed by atoms with van der Waals surface area (Å²) in [6, 6.07) is 8.05. The number of hydrogen-bond donors (Lipinski definition) is 2. The summed E-state index contributed by atoms with van der Waals surface area (Å²) in [5, 5.41) is 13.4. The lowest BCUT2D eigenvalue weighted by atomic mass is 10.2. The highest BCUT2D eigenvalue weighted by atomic mass is 32.2. The Kier molecular flexibility index (Phi) is 5.47. The van der Waals surface area contributed by atoms with E-state index in [1.54, 1.807) is 19.1 Å². The molecule has 0 saturated heterocycles. The Balaban J connectivity index is 1.91. The molecule has 1 aromatic heterocycles. The number of anilines is 1. The van der Waals surface area contributed by atoms with Gasteiger partial charge in [0, 0.05) is 19.2 Å². The number of hydrogen-bond acceptors (Lipinski definition) is 6. The van der Waals surface area contributed by atoms with Gasteiger partial charge in [-0.3, -0.25) is 10.1 Å². The number of aryl methyl sites for hydroxylation is 2. The predicted molar refractivity (Wildman–Crippen MR) is 90.5 cm³/mol. The lowest BCUT2D eigenvalue weighted by molar-refractivity contribution is -0.385. The van der Waals surface area contributed by atoms with Crippen molar-refractivity contribution in [3.63, 3.8) is 0 Å². The summed E-state index contributed by atoms with van der Waals surface area (Å²) < 4.78 is 27.1. The number of rotatable bonds is 7. The van der Waals surface area contributed by atoms with Crippen molar-refractivity contribution in [2.24, 2.45) is 0 Å². The van der Waals surface area contributed by atoms with Crippen molar-refractivity contribution >= 4 is 21.5 Å². The molecule has 0 unspecified atom stereocenters. The van der Waals surface area contributed by atoms with Crippen LogP contribution in [0.3, 0.4) is 0 Å². The van der Waals surface area contributed by atoms with E-state index in [9.17, 15) is 18.5 Å². The van der Waals surface area contributed by atoms with E-state index in [1.165, 1.54) is 12.1 Å². The SMILES string of the molecule is Cc1ccc(C)c(S(=O)(=O)NCCNc2ccc([N+](=O)[O-])cn2)c1. The lowest BCUT2D eigenvalue weighted by Crippen LogP contribution is -2.29. The molecule has 0 radical (unpaired) electrons. The van der Waals surface area contributed by atoms with Gasteiger partial charge in [0.1, 0.15) is 12.0 Å². The summed E-state index contributed by atoms with van der Waals surface area (Å²) in [5.74, 6) is 0.437. The van der Waals surface area contributed by atoms with Crippen LogP contribution in [0.2, 0.25) is 0 Å². The molecule has 2 rings (SSSR count). The fraction of sp³-hybridized carbons (Fsp3) is 0.267. The zero-order valence-corrected chi connectivity index (χ0v) is 14.1. The van der Waals surface area contributed by atoms with Crippen LogP contribution in [0.1, 0.15) is 11.1 Å². The molecule has 8 nitrogen and oxygen atoms in total. The van der Waals surface area contributed by atoms with Gasteiger partial charge < -0.3 is 5.32 Å². The Labute approximate surface area is 140 Å². The molecule has 0 spiro atoms. The fourth-order valence-corrected chi connectivity index (χ4v) is 3.41. The second-order valence-electron chi connectivity index (χ2n) is 5.25. The molecule has 0 bridgehead atoms. The molecular weight excluding hydrogens is 332 g/mol. The Hall–Kier alpha value is -2.52. The van der Waals surface area contributed by atoms with Crippen LogP contribution < -0.4 is 10.0 Å². The number of sulfonamides is 1. The molecule has 24 heavy (non-hydrogen) atoms. The molecule has 0 aliphatic heterocycles. The molecule has 0 saturated carbocycles. The highest BCUT2D eigenvalue weighted by Gasteiger charge is 2.16. The molecule has 128 valence electrons. The first-order valence-corrected chi connectivity index (χ1v) is 8.69. The van der Waals surface area contributed by atoms with Crippen LogP contribution in [0.25, 0.3) is 0 Å². The van der Waals surface area contributed by atoms with Crippen LogP contribution >= 0.6 is 0 Å². The van der Waals surface area contributed by atoms with Gasteiger partial charge in [-0.2, -0.15) is 0 Å². The van der Waals surface area contributed by atoms with Crippen molar-refractivity contribution in [1.82, 2.24) is 9.71 Å². The van der Waals surface area contributed by atoms with Crippen molar-refractivity contribution in [2.75, 3.05) is 18.4 Å². The topological polar surface area (TPSA) is 114 Å². The molecule has 0 atom stereocenters. The summed E-state index contributed by atoms with van der Waals surface area (Å²) in [7, 11) is -3.59. The average molecular weight is 350 g/mol. The highest BCUT2D eigenvalue weighted by molar-refractivity contribution is 7.89. The molecule has 0 aliphatic rings. The molecule has 1 heterocycles. The molecular formula is C15H18N4O4S. The minimum Gasteiger partial charge on any atom is -0.369 e. The van der Waals surface area contributed by atoms with Gasteiger partial charge in [-0.05, 0) is 37.1 Å². The average Bonchev–Trinajstić information content (AvgIpc) is 2.54. The lowest BCUT2D eigenvalue weighted by Gasteiger charge is -2.11. The molecule has 0 fully saturated rings. The van der Waals surface area contributed by atoms with Crippen LogP contribution in [-0.4, -0.2) is 31.4 Å². The van der Waals surface area contributed by atoms with Crippen LogP contribution in [0, 0.1) is 24.0 Å². The maximum atomic E-state index is 12.3. The first-order chi connectivity index (χ1) is 11.3. The third kappa shape index (κ3) is 4.49. The minimum absolute atomic E-state index is 0.101. The monoisotopic (exact) mass is 350 g/mol. The largest absolute Gasteiger partial charge is 0.369 e. The van der Waals surface area contributed by atoms with E-state index in [1.807, 2.05) is 13.0 Å². The number of nitrogens with one attached hydrogen (secondary N) is 2. The second kappa shape index (κ2) is 7.37. The van der Waals surface area contributed by atoms with Crippen molar-refractivity contribution in [2.45, 2.75) is 18.7 Å². The summed E-state index contributed by atoms with van der Waals surface area (Å²) in [4.78, 5) is 14.2. The van der Waals surface area contributed by atoms with Gasteiger partial charge in [-0.15, -0.1) is 0 Å². The zero-order chi connectivity index (χ0) is 17.7. The third-order valence-electron chi connectivity index (χ3n) is 3.32. The van der Waals surface area contributed by atoms with Crippen LogP contribution in [0.15, 0.2) is 41.4 Å². The Morgan fingerprint density at radius 2 is 1.92 bits per heavy atom. The first kappa shape index (κ1) is 17.8. The van der Waals surface area contributed by atoms with Crippen LogP contribution in [0.4, 0.5) is 11.5 Å². The van der Waals surface area contributed by atoms with Crippen LogP contribution in [0.5, 0.6) is 0 Å². The normalized spacial score (nSPS) is 11.2. The number of benzene rings is 1. The van der Waals surface area contributed by atoms with Crippen LogP contribution in [-0.2, 0) is 10.0 Å². The van der Waals surface area contributed by atoms with E-state index in [2.05, 4.69) is 15.0 Å². The summed E-state index contributed by atoms with van der Waals surface area (Å²) >= 11 is 0. The fourth-order valence-electron chi connectivity index (χ4n) is 2.05. The molecule has 2 aromatic rings. The number of nitrogens with zero attached hydrogens (tertiary/aromatic N) is 2. The van der Waals surface area contributed by atoms with E-state index in [0.29, 0.717) is 17.9 Å². The number of nitro groups is 1. The number of aromatic nitrogens is 1. The minimum atomic E-state index is -3.59. The van der Waals surface area contributed by atoms with Gasteiger partial charge >= 0.3 is 0 Å². The quantitative estimate of drug-likeness (QED) is 0.448. The smallest absolute Gasteiger partial charge is 0.287 e. The highest BCUT2D eigenvalue weighted by Crippen LogP contribution is 2.16. The van der Waals surface area contributed by atoms with Crippen molar-refractivity contribution in [3.8, 4) is 0 Å². The molecule has 0 aliphatic carbocycles. The Morgan fingerprint density at radius 3 is 2.54 bits per heavy atom. The maximum Gasteiger partial charge on any atom is 0.287 e. The standard InChI is InChI=1S/C15H18N4O4S/c1-11-3-4-12(2)14(9-11)24(22,23)18-8-7-16-15-6-5-13(10-17-15)19(20)21/h3-6,9-10,18H,7-8H2,1-2H3,(H,16,17). The summed E-state index contributed by atoms with van der Waals surface area (Å²) in [6.07, 6.45) is 1.14. The van der Waals surface area contributed by atoms with E-state index < -0.39 is 14.9 Å². The maximum absolute atomic E-state index is 12.3. The van der Waals surface area contributed by atoms with Gasteiger partial charge in [0.05, 0.1) is 9.82 Å². The van der Waals surface area contributed by atoms with Gasteiger partial charge in [-0.1, -0.05) is 12.1 Å². The molecule has 0 amide bonds. The molecule has 9 heteroatoms. The molecule has 1 aromatic carbocycles. The van der Waals surface area contributed by atoms with E-state index in [-0.39, 0.29) is 17.1 Å². The van der Waals surface area contributed by atoms with E-state index >= 15 is 0 Å². The predicted octanol–water partition coefficient (Wildman–Crippen LogP) is 2.00. The van der Waals surface area contributed by atoms with Gasteiger partial charge in [0.2, 0.25) is 10.0 Å². The Morgan fingerprint density at radius 1 is 1.17 bits per heavy atom. The van der Waals surface area contributed by atoms with Crippen molar-refractivity contribution in [1.29, 1.82) is 0 Å². The zero-order valence-electron chi connectivity index (χ0n) is 13.3. The van der Waals surface area contributed by atoms with Crippen molar-refractivity contribution < 1.29 is 13.3 Å². The third-order valence-corrected chi connectivity index (χ3v) is 4.92. The summed E-state index contributed by atoms with van der Waals surface area (Å²) in [5.41, 5.74) is 1.45. The number of pyridine rings is 1. The first-order valence-electron chi connectivity index (χ1n) is 7.21. The van der Waals surface area contributed by atoms with Crippen molar-refractivity contribution in [3.05, 3.63) is 57.8 Å². The Bertz CT molecular complexity index is 835. The van der Waals surface area contributed by atoms with E-state index in [0.717, 1.165) is 11.8 Å². The summed E-state index contributed by atoms with van der Waals surface area (Å²) in [6.45, 7) is 4.04. The van der Waals surface area contributed by atoms with Gasteiger partial charge in [0.15, 0.2) is 0 Å². The molecule has 2 N–H and O–H groups in total. The van der Waals surface area contributed by atoms with Gasteiger partial charge in [0.25, 0.3) is 5.69 Å². The second-order valence-corrected chi connectivity index (χ2v) is 6.99.